The van der Waals surface area contributed by atoms with Crippen LogP contribution in [0.1, 0.15) is 55.1 Å². The van der Waals surface area contributed by atoms with E-state index in [4.69, 9.17) is 19.8 Å². The van der Waals surface area contributed by atoms with Crippen molar-refractivity contribution in [1.29, 1.82) is 0 Å². The standard InChI is InChI=1S/C25H33N3O7S/c1-18(2)16-27(36(33,34)21-13-11-20(12-14-21)28(31)32)17-23(29)22(15-19-9-7-6-8-10-19)26-24(30)35-25(3,4)5/h6-14,18,22H,15-17H2,1-5H3,(H,26,30)/t22-/m0/s1/i1D3,2D3,16D2,17D,18D,22D/t17?,22-. The molecule has 0 aliphatic carbocycles. The lowest BCUT2D eigenvalue weighted by atomic mass is 10.0. The van der Waals surface area contributed by atoms with Crippen molar-refractivity contribution in [3.05, 3.63) is 70.3 Å². The van der Waals surface area contributed by atoms with E-state index in [9.17, 15) is 28.1 Å². The normalized spacial score (nSPS) is 20.5. The van der Waals surface area contributed by atoms with Crippen molar-refractivity contribution >= 4 is 27.6 Å². The number of nitro benzene ring substituents is 1. The second-order valence-corrected chi connectivity index (χ2v) is 10.1. The van der Waals surface area contributed by atoms with Gasteiger partial charge in [0, 0.05) is 31.0 Å². The highest BCUT2D eigenvalue weighted by atomic mass is 32.2. The van der Waals surface area contributed by atoms with E-state index in [1.54, 1.807) is 6.07 Å². The number of ether oxygens (including phenoxy) is 1. The molecule has 0 fully saturated rings. The van der Waals surface area contributed by atoms with Crippen molar-refractivity contribution in [3.8, 4) is 0 Å². The number of carbonyl (C=O) groups is 2. The first kappa shape index (κ1) is 16.4. The smallest absolute Gasteiger partial charge is 0.408 e. The lowest BCUT2D eigenvalue weighted by Crippen LogP contribution is -2.49. The van der Waals surface area contributed by atoms with Gasteiger partial charge in [0.15, 0.2) is 5.78 Å². The van der Waals surface area contributed by atoms with Gasteiger partial charge in [-0.2, -0.15) is 4.31 Å². The average Bonchev–Trinajstić information content (AvgIpc) is 2.89. The summed E-state index contributed by atoms with van der Waals surface area (Å²) in [7, 11) is -5.76. The molecule has 1 N–H and O–H groups in total. The van der Waals surface area contributed by atoms with E-state index in [1.165, 1.54) is 45.0 Å². The van der Waals surface area contributed by atoms with Crippen LogP contribution in [-0.2, 0) is 26.0 Å². The van der Waals surface area contributed by atoms with Crippen LogP contribution >= 0.6 is 0 Å². The third-order valence-corrected chi connectivity index (χ3v) is 5.82. The molecule has 0 spiro atoms. The molecule has 0 aromatic heterocycles. The molecule has 2 aromatic rings. The Kier molecular flexibility index (Phi) is 5.52. The zero-order valence-corrected chi connectivity index (χ0v) is 20.5. The number of alkyl carbamates (subject to hydrolysis) is 1. The number of Topliss-reactive ketones (excluding diaryl/α,β-unsaturated/α-hetero) is 1. The van der Waals surface area contributed by atoms with Crippen LogP contribution in [0.25, 0.3) is 0 Å². The molecule has 0 radical (unpaired) electrons. The number of benzene rings is 2. The SMILES string of the molecule is [2H]C(C(=O)[C@]([2H])(Cc1ccccc1)NC(=O)OC(C)(C)C)N(C([2H])([2H])C([2H])(C([2H])([2H])[2H])C([2H])([2H])[2H])S(=O)(=O)c1ccc([N+](=O)[O-])cc1. The minimum absolute atomic E-state index is 0.173. The summed E-state index contributed by atoms with van der Waals surface area (Å²) in [6.07, 6.45) is -2.17. The Hall–Kier alpha value is -3.31. The number of amides is 1. The van der Waals surface area contributed by atoms with Crippen LogP contribution in [0.3, 0.4) is 0 Å². The van der Waals surface area contributed by atoms with Crippen LogP contribution in [-0.4, -0.2) is 54.2 Å². The molecule has 1 amide bonds. The van der Waals surface area contributed by atoms with Gasteiger partial charge in [-0.3, -0.25) is 14.9 Å². The second kappa shape index (κ2) is 12.1. The van der Waals surface area contributed by atoms with E-state index in [-0.39, 0.29) is 5.56 Å². The minimum atomic E-state index is -5.76. The topological polar surface area (TPSA) is 136 Å². The molecule has 1 unspecified atom stereocenters. The number of hydrogen-bond donors (Lipinski definition) is 1. The average molecular weight is 531 g/mol. The van der Waals surface area contributed by atoms with Gasteiger partial charge in [0.25, 0.3) is 5.69 Å². The minimum Gasteiger partial charge on any atom is -0.444 e. The van der Waals surface area contributed by atoms with Gasteiger partial charge >= 0.3 is 6.09 Å². The van der Waals surface area contributed by atoms with E-state index >= 15 is 0 Å². The maximum absolute atomic E-state index is 14.1. The Labute approximate surface area is 227 Å². The fourth-order valence-corrected chi connectivity index (χ4v) is 3.88. The Morgan fingerprint density at radius 1 is 1.17 bits per heavy atom. The van der Waals surface area contributed by atoms with Crippen LogP contribution in [0, 0.1) is 16.0 Å². The molecule has 0 heterocycles. The van der Waals surface area contributed by atoms with Gasteiger partial charge < -0.3 is 10.1 Å². The highest BCUT2D eigenvalue weighted by molar-refractivity contribution is 7.89. The van der Waals surface area contributed by atoms with Gasteiger partial charge in [0.1, 0.15) is 5.60 Å². The van der Waals surface area contributed by atoms with Crippen molar-refractivity contribution in [3.63, 3.8) is 0 Å². The van der Waals surface area contributed by atoms with Gasteiger partial charge in [0.05, 0.1) is 25.1 Å². The maximum Gasteiger partial charge on any atom is 0.408 e. The molecule has 0 aliphatic heterocycles. The van der Waals surface area contributed by atoms with Crippen molar-refractivity contribution in [1.82, 2.24) is 9.62 Å². The fourth-order valence-electron chi connectivity index (χ4n) is 2.73. The van der Waals surface area contributed by atoms with E-state index in [0.717, 1.165) is 0 Å². The quantitative estimate of drug-likeness (QED) is 0.343. The third kappa shape index (κ3) is 8.72. The van der Waals surface area contributed by atoms with Crippen LogP contribution in [0.15, 0.2) is 59.5 Å². The lowest BCUT2D eigenvalue weighted by Gasteiger charge is -2.27. The molecular weight excluding hydrogens is 486 g/mol. The molecule has 196 valence electrons. The summed E-state index contributed by atoms with van der Waals surface area (Å²) in [5.74, 6) is -6.27. The number of non-ortho nitro benzene ring substituents is 1. The first-order valence-electron chi connectivity index (χ1n) is 15.9. The van der Waals surface area contributed by atoms with Gasteiger partial charge in [-0.05, 0) is 50.8 Å². The molecule has 0 saturated carbocycles. The molecular formula is C25H33N3O7S. The van der Waals surface area contributed by atoms with Gasteiger partial charge in [-0.25, -0.2) is 13.2 Å². The lowest BCUT2D eigenvalue weighted by molar-refractivity contribution is -0.384. The molecule has 2 rings (SSSR count). The summed E-state index contributed by atoms with van der Waals surface area (Å²) in [5.41, 5.74) is -1.66. The molecule has 0 aliphatic rings. The maximum atomic E-state index is 14.1. The van der Waals surface area contributed by atoms with E-state index in [0.29, 0.717) is 24.3 Å². The number of rotatable bonds is 11. The number of nitrogens with one attached hydrogen (secondary N) is 1. The molecule has 2 aromatic carbocycles. The van der Waals surface area contributed by atoms with Gasteiger partial charge in [0.2, 0.25) is 10.0 Å². The van der Waals surface area contributed by atoms with Crippen molar-refractivity contribution in [2.75, 3.05) is 13.0 Å². The number of nitrogens with zero attached hydrogens (tertiary/aromatic N) is 2. The summed E-state index contributed by atoms with van der Waals surface area (Å²) >= 11 is 0. The predicted octanol–water partition coefficient (Wildman–Crippen LogP) is 3.95. The number of nitro groups is 1. The third-order valence-electron chi connectivity index (χ3n) is 4.23. The largest absolute Gasteiger partial charge is 0.444 e. The number of hydrogen-bond acceptors (Lipinski definition) is 7. The monoisotopic (exact) mass is 530 g/mol. The number of carbonyl (C=O) groups excluding carboxylic acids is 2. The number of sulfonamides is 1. The second-order valence-electron chi connectivity index (χ2n) is 8.30. The Morgan fingerprint density at radius 3 is 2.31 bits per heavy atom. The van der Waals surface area contributed by atoms with E-state index in [2.05, 4.69) is 0 Å². The zero-order valence-electron chi connectivity index (χ0n) is 30.6. The van der Waals surface area contributed by atoms with Gasteiger partial charge in [-0.15, -0.1) is 0 Å². The van der Waals surface area contributed by atoms with Gasteiger partial charge in [-0.1, -0.05) is 44.0 Å². The zero-order chi connectivity index (χ0) is 36.6. The van der Waals surface area contributed by atoms with Crippen molar-refractivity contribution in [2.24, 2.45) is 5.89 Å². The predicted molar refractivity (Wildman–Crippen MR) is 135 cm³/mol. The van der Waals surface area contributed by atoms with Crippen LogP contribution in [0.2, 0.25) is 0 Å². The first-order valence-corrected chi connectivity index (χ1v) is 11.8. The Balaban J connectivity index is 2.93. The van der Waals surface area contributed by atoms with Crippen LogP contribution < -0.4 is 5.32 Å². The van der Waals surface area contributed by atoms with Crippen LogP contribution in [0.4, 0.5) is 10.5 Å². The van der Waals surface area contributed by atoms with Crippen LogP contribution in [0.5, 0.6) is 0 Å². The molecule has 0 bridgehead atoms. The van der Waals surface area contributed by atoms with E-state index in [1.807, 2.05) is 5.32 Å². The summed E-state index contributed by atoms with van der Waals surface area (Å²) < 4.78 is 122. The molecule has 2 atom stereocenters. The van der Waals surface area contributed by atoms with Crippen molar-refractivity contribution < 1.29 is 42.7 Å². The molecule has 0 saturated heterocycles. The summed E-state index contributed by atoms with van der Waals surface area (Å²) in [5, 5.41) is 13.1. The fraction of sp³-hybridized carbons (Fsp3) is 0.440. The molecule has 11 heteroatoms. The van der Waals surface area contributed by atoms with Crippen molar-refractivity contribution in [2.45, 2.75) is 57.4 Å². The Bertz CT molecular complexity index is 1570. The van der Waals surface area contributed by atoms with E-state index < -0.39 is 92.4 Å². The first-order chi connectivity index (χ1) is 21.0. The molecule has 36 heavy (non-hydrogen) atoms. The summed E-state index contributed by atoms with van der Waals surface area (Å²) in [6, 6.07) is 6.70. The number of ketones is 1. The summed E-state index contributed by atoms with van der Waals surface area (Å²) in [6.45, 7) is -11.7. The summed E-state index contributed by atoms with van der Waals surface area (Å²) in [4.78, 5) is 36.0. The molecule has 10 nitrogen and oxygen atoms in total. The highest BCUT2D eigenvalue weighted by Gasteiger charge is 2.32. The highest BCUT2D eigenvalue weighted by Crippen LogP contribution is 2.21. The Morgan fingerprint density at radius 2 is 1.78 bits per heavy atom.